The second kappa shape index (κ2) is 5.27. The first-order valence-corrected chi connectivity index (χ1v) is 5.55. The number of anilines is 1. The highest BCUT2D eigenvalue weighted by atomic mass is 19.1. The van der Waals surface area contributed by atoms with Crippen LogP contribution in [0.2, 0.25) is 0 Å². The Morgan fingerprint density at radius 2 is 2.31 bits per heavy atom. The molecular formula is C12H17FN2O. The minimum absolute atomic E-state index is 0.137. The molecule has 1 atom stereocenters. The summed E-state index contributed by atoms with van der Waals surface area (Å²) in [6.45, 7) is 3.17. The quantitative estimate of drug-likeness (QED) is 0.836. The van der Waals surface area contributed by atoms with Crippen LogP contribution in [-0.2, 0) is 4.74 Å². The molecule has 88 valence electrons. The minimum atomic E-state index is -0.186. The van der Waals surface area contributed by atoms with Crippen molar-refractivity contribution in [3.05, 3.63) is 30.1 Å². The molecule has 1 N–H and O–H groups in total. The smallest absolute Gasteiger partial charge is 0.146 e. The van der Waals surface area contributed by atoms with Gasteiger partial charge in [-0.2, -0.15) is 0 Å². The van der Waals surface area contributed by atoms with Crippen LogP contribution in [0.3, 0.4) is 0 Å². The van der Waals surface area contributed by atoms with Gasteiger partial charge >= 0.3 is 0 Å². The van der Waals surface area contributed by atoms with Gasteiger partial charge < -0.3 is 15.0 Å². The molecule has 0 aromatic heterocycles. The Bertz CT molecular complexity index is 340. The molecule has 1 aliphatic heterocycles. The van der Waals surface area contributed by atoms with Crippen molar-refractivity contribution >= 4 is 5.69 Å². The number of hydrogen-bond donors (Lipinski definition) is 1. The number of hydrogen-bond acceptors (Lipinski definition) is 3. The van der Waals surface area contributed by atoms with E-state index in [-0.39, 0.29) is 11.9 Å². The van der Waals surface area contributed by atoms with E-state index < -0.39 is 0 Å². The Labute approximate surface area is 95.2 Å². The molecule has 0 spiro atoms. The summed E-state index contributed by atoms with van der Waals surface area (Å²) < 4.78 is 19.1. The van der Waals surface area contributed by atoms with Crippen LogP contribution in [0.15, 0.2) is 24.3 Å². The van der Waals surface area contributed by atoms with Crippen LogP contribution in [0.5, 0.6) is 0 Å². The van der Waals surface area contributed by atoms with E-state index in [0.29, 0.717) is 12.2 Å². The van der Waals surface area contributed by atoms with E-state index >= 15 is 0 Å². The SMILES string of the molecule is CN(CC1CNCCO1)c1ccccc1F. The maximum absolute atomic E-state index is 13.5. The fraction of sp³-hybridized carbons (Fsp3) is 0.500. The van der Waals surface area contributed by atoms with Crippen molar-refractivity contribution in [3.8, 4) is 0 Å². The van der Waals surface area contributed by atoms with Gasteiger partial charge in [0.15, 0.2) is 0 Å². The van der Waals surface area contributed by atoms with Crippen LogP contribution in [0.25, 0.3) is 0 Å². The highest BCUT2D eigenvalue weighted by Gasteiger charge is 2.16. The lowest BCUT2D eigenvalue weighted by Gasteiger charge is -2.29. The molecule has 1 aromatic rings. The third-order valence-corrected chi connectivity index (χ3v) is 2.75. The summed E-state index contributed by atoms with van der Waals surface area (Å²) in [5, 5.41) is 3.26. The molecule has 0 aliphatic carbocycles. The molecule has 0 bridgehead atoms. The number of likely N-dealkylation sites (N-methyl/N-ethyl adjacent to an activating group) is 1. The van der Waals surface area contributed by atoms with Crippen LogP contribution in [0, 0.1) is 5.82 Å². The molecule has 1 unspecified atom stereocenters. The van der Waals surface area contributed by atoms with Crippen molar-refractivity contribution < 1.29 is 9.13 Å². The molecule has 1 heterocycles. The lowest BCUT2D eigenvalue weighted by molar-refractivity contribution is 0.0339. The number of para-hydroxylation sites is 1. The molecule has 0 saturated carbocycles. The van der Waals surface area contributed by atoms with Gasteiger partial charge in [-0.3, -0.25) is 0 Å². The van der Waals surface area contributed by atoms with E-state index in [4.69, 9.17) is 4.74 Å². The summed E-state index contributed by atoms with van der Waals surface area (Å²) in [5.41, 5.74) is 0.622. The molecule has 2 rings (SSSR count). The maximum atomic E-state index is 13.5. The van der Waals surface area contributed by atoms with Crippen LogP contribution in [0.4, 0.5) is 10.1 Å². The van der Waals surface area contributed by atoms with Gasteiger partial charge in [-0.25, -0.2) is 4.39 Å². The van der Waals surface area contributed by atoms with Crippen LogP contribution in [0.1, 0.15) is 0 Å². The highest BCUT2D eigenvalue weighted by Crippen LogP contribution is 2.17. The fourth-order valence-corrected chi connectivity index (χ4v) is 1.90. The van der Waals surface area contributed by atoms with Gasteiger partial charge in [-0.1, -0.05) is 12.1 Å². The van der Waals surface area contributed by atoms with Gasteiger partial charge in [-0.05, 0) is 12.1 Å². The average molecular weight is 224 g/mol. The maximum Gasteiger partial charge on any atom is 0.146 e. The monoisotopic (exact) mass is 224 g/mol. The lowest BCUT2D eigenvalue weighted by Crippen LogP contribution is -2.44. The molecule has 3 nitrogen and oxygen atoms in total. The number of nitrogens with one attached hydrogen (secondary N) is 1. The molecule has 0 radical (unpaired) electrons. The van der Waals surface area contributed by atoms with E-state index in [9.17, 15) is 4.39 Å². The normalized spacial score (nSPS) is 20.8. The second-order valence-corrected chi connectivity index (χ2v) is 4.03. The molecule has 1 saturated heterocycles. The predicted octanol–water partition coefficient (Wildman–Crippen LogP) is 1.25. The van der Waals surface area contributed by atoms with Crippen molar-refractivity contribution in [3.63, 3.8) is 0 Å². The topological polar surface area (TPSA) is 24.5 Å². The van der Waals surface area contributed by atoms with Crippen LogP contribution < -0.4 is 10.2 Å². The molecule has 16 heavy (non-hydrogen) atoms. The highest BCUT2D eigenvalue weighted by molar-refractivity contribution is 5.46. The van der Waals surface area contributed by atoms with Gasteiger partial charge in [0.2, 0.25) is 0 Å². The van der Waals surface area contributed by atoms with Gasteiger partial charge in [0, 0.05) is 26.7 Å². The zero-order chi connectivity index (χ0) is 11.4. The molecular weight excluding hydrogens is 207 g/mol. The van der Waals surface area contributed by atoms with E-state index in [2.05, 4.69) is 5.32 Å². The van der Waals surface area contributed by atoms with Crippen molar-refractivity contribution in [2.24, 2.45) is 0 Å². The Kier molecular flexibility index (Phi) is 3.74. The average Bonchev–Trinajstić information content (AvgIpc) is 2.31. The van der Waals surface area contributed by atoms with Gasteiger partial charge in [-0.15, -0.1) is 0 Å². The summed E-state index contributed by atoms with van der Waals surface area (Å²) >= 11 is 0. The summed E-state index contributed by atoms with van der Waals surface area (Å²) in [7, 11) is 1.89. The summed E-state index contributed by atoms with van der Waals surface area (Å²) in [6, 6.07) is 6.80. The summed E-state index contributed by atoms with van der Waals surface area (Å²) in [6.07, 6.45) is 0.137. The number of rotatable bonds is 3. The Morgan fingerprint density at radius 1 is 1.50 bits per heavy atom. The van der Waals surface area contributed by atoms with E-state index in [0.717, 1.165) is 19.7 Å². The zero-order valence-corrected chi connectivity index (χ0v) is 9.45. The first kappa shape index (κ1) is 11.4. The molecule has 1 aromatic carbocycles. The van der Waals surface area contributed by atoms with Crippen molar-refractivity contribution in [2.45, 2.75) is 6.10 Å². The van der Waals surface area contributed by atoms with Crippen molar-refractivity contribution in [1.29, 1.82) is 0 Å². The van der Waals surface area contributed by atoms with Crippen LogP contribution >= 0.6 is 0 Å². The Morgan fingerprint density at radius 3 is 3.00 bits per heavy atom. The Hall–Kier alpha value is -1.13. The number of morpholine rings is 1. The first-order valence-electron chi connectivity index (χ1n) is 5.55. The number of benzene rings is 1. The molecule has 1 aliphatic rings. The number of ether oxygens (including phenoxy) is 1. The van der Waals surface area contributed by atoms with Gasteiger partial charge in [0.1, 0.15) is 5.82 Å². The van der Waals surface area contributed by atoms with E-state index in [1.807, 2.05) is 18.0 Å². The zero-order valence-electron chi connectivity index (χ0n) is 9.45. The predicted molar refractivity (Wildman–Crippen MR) is 62.3 cm³/mol. The van der Waals surface area contributed by atoms with Crippen LogP contribution in [-0.4, -0.2) is 39.4 Å². The third kappa shape index (κ3) is 2.71. The summed E-state index contributed by atoms with van der Waals surface area (Å²) in [4.78, 5) is 1.90. The molecule has 0 amide bonds. The molecule has 4 heteroatoms. The lowest BCUT2D eigenvalue weighted by atomic mass is 10.2. The Balaban J connectivity index is 1.96. The summed E-state index contributed by atoms with van der Waals surface area (Å²) in [5.74, 6) is -0.186. The third-order valence-electron chi connectivity index (χ3n) is 2.75. The van der Waals surface area contributed by atoms with Gasteiger partial charge in [0.05, 0.1) is 18.4 Å². The van der Waals surface area contributed by atoms with Crippen molar-refractivity contribution in [1.82, 2.24) is 5.32 Å². The van der Waals surface area contributed by atoms with E-state index in [1.54, 1.807) is 12.1 Å². The first-order chi connectivity index (χ1) is 7.77. The van der Waals surface area contributed by atoms with Gasteiger partial charge in [0.25, 0.3) is 0 Å². The number of halogens is 1. The minimum Gasteiger partial charge on any atom is -0.374 e. The number of nitrogens with zero attached hydrogens (tertiary/aromatic N) is 1. The second-order valence-electron chi connectivity index (χ2n) is 4.03. The van der Waals surface area contributed by atoms with Crippen molar-refractivity contribution in [2.75, 3.05) is 38.2 Å². The molecule has 1 fully saturated rings. The van der Waals surface area contributed by atoms with E-state index in [1.165, 1.54) is 6.07 Å². The largest absolute Gasteiger partial charge is 0.374 e. The standard InChI is InChI=1S/C12H17FN2O/c1-15(9-10-8-14-6-7-16-10)12-5-3-2-4-11(12)13/h2-5,10,14H,6-9H2,1H3. The fourth-order valence-electron chi connectivity index (χ4n) is 1.90.